The van der Waals surface area contributed by atoms with E-state index in [1.54, 1.807) is 4.90 Å². The van der Waals surface area contributed by atoms with Crippen LogP contribution < -0.4 is 0 Å². The summed E-state index contributed by atoms with van der Waals surface area (Å²) in [5.74, 6) is 1.08. The van der Waals surface area contributed by atoms with Gasteiger partial charge in [0.25, 0.3) is 0 Å². The zero-order chi connectivity index (χ0) is 17.6. The molecule has 2 aromatic carbocycles. The standard InChI is InChI=1S/C19H20N4OS/c1-14-8-10-16(11-9-14)18-20-19(22-21-18)25-13-17(24)23(2)12-15-6-4-3-5-7-15/h3-11H,12-13H2,1-2H3,(H,20,21,22). The molecule has 128 valence electrons. The lowest BCUT2D eigenvalue weighted by molar-refractivity contribution is -0.127. The third-order valence-electron chi connectivity index (χ3n) is 3.80. The molecule has 0 aliphatic carbocycles. The molecule has 0 unspecified atom stereocenters. The molecule has 6 heteroatoms. The second-order valence-electron chi connectivity index (χ2n) is 5.86. The van der Waals surface area contributed by atoms with Crippen molar-refractivity contribution in [2.45, 2.75) is 18.6 Å². The lowest BCUT2D eigenvalue weighted by Crippen LogP contribution is -2.27. The van der Waals surface area contributed by atoms with Crippen LogP contribution in [0.2, 0.25) is 0 Å². The lowest BCUT2D eigenvalue weighted by atomic mass is 10.1. The van der Waals surface area contributed by atoms with Gasteiger partial charge in [0.05, 0.1) is 5.75 Å². The molecule has 0 saturated carbocycles. The molecule has 0 fully saturated rings. The molecule has 1 N–H and O–H groups in total. The Morgan fingerprint density at radius 1 is 1.12 bits per heavy atom. The Labute approximate surface area is 151 Å². The largest absolute Gasteiger partial charge is 0.341 e. The number of aromatic nitrogens is 3. The molecule has 0 bridgehead atoms. The van der Waals surface area contributed by atoms with Crippen molar-refractivity contribution in [3.8, 4) is 11.4 Å². The van der Waals surface area contributed by atoms with Crippen molar-refractivity contribution in [1.82, 2.24) is 20.1 Å². The summed E-state index contributed by atoms with van der Waals surface area (Å²) in [6.07, 6.45) is 0. The predicted octanol–water partition coefficient (Wildman–Crippen LogP) is 3.53. The molecule has 0 radical (unpaired) electrons. The van der Waals surface area contributed by atoms with Gasteiger partial charge in [-0.25, -0.2) is 4.98 Å². The molecule has 0 saturated heterocycles. The summed E-state index contributed by atoms with van der Waals surface area (Å²) in [6.45, 7) is 2.64. The fraction of sp³-hybridized carbons (Fsp3) is 0.211. The van der Waals surface area contributed by atoms with E-state index in [-0.39, 0.29) is 5.91 Å². The Morgan fingerprint density at radius 2 is 1.84 bits per heavy atom. The van der Waals surface area contributed by atoms with Crippen molar-refractivity contribution < 1.29 is 4.79 Å². The number of carbonyl (C=O) groups excluding carboxylic acids is 1. The van der Waals surface area contributed by atoms with E-state index in [2.05, 4.69) is 15.2 Å². The summed E-state index contributed by atoms with van der Waals surface area (Å²) < 4.78 is 0. The number of nitrogens with one attached hydrogen (secondary N) is 1. The number of thioether (sulfide) groups is 1. The molecule has 1 heterocycles. The summed E-state index contributed by atoms with van der Waals surface area (Å²) in [4.78, 5) is 18.4. The summed E-state index contributed by atoms with van der Waals surface area (Å²) in [5.41, 5.74) is 3.30. The average Bonchev–Trinajstić information content (AvgIpc) is 3.10. The number of H-pyrrole nitrogens is 1. The number of amides is 1. The first-order valence-corrected chi connectivity index (χ1v) is 9.00. The fourth-order valence-corrected chi connectivity index (χ4v) is 3.07. The molecular formula is C19H20N4OS. The number of nitrogens with zero attached hydrogens (tertiary/aromatic N) is 3. The summed E-state index contributed by atoms with van der Waals surface area (Å²) >= 11 is 1.34. The first-order valence-electron chi connectivity index (χ1n) is 8.02. The van der Waals surface area contributed by atoms with Gasteiger partial charge in [-0.05, 0) is 12.5 Å². The van der Waals surface area contributed by atoms with E-state index >= 15 is 0 Å². The number of aromatic amines is 1. The van der Waals surface area contributed by atoms with E-state index in [1.165, 1.54) is 17.3 Å². The van der Waals surface area contributed by atoms with Gasteiger partial charge in [-0.2, -0.15) is 0 Å². The van der Waals surface area contributed by atoms with Crippen molar-refractivity contribution in [1.29, 1.82) is 0 Å². The molecule has 0 aliphatic rings. The van der Waals surface area contributed by atoms with Crippen LogP contribution in [0.4, 0.5) is 0 Å². The highest BCUT2D eigenvalue weighted by Gasteiger charge is 2.12. The Bertz CT molecular complexity index is 830. The van der Waals surface area contributed by atoms with Crippen LogP contribution >= 0.6 is 11.8 Å². The van der Waals surface area contributed by atoms with Gasteiger partial charge in [-0.15, -0.1) is 5.10 Å². The highest BCUT2D eigenvalue weighted by Crippen LogP contribution is 2.20. The minimum Gasteiger partial charge on any atom is -0.341 e. The zero-order valence-corrected chi connectivity index (χ0v) is 15.1. The fourth-order valence-electron chi connectivity index (χ4n) is 2.33. The highest BCUT2D eigenvalue weighted by molar-refractivity contribution is 7.99. The topological polar surface area (TPSA) is 61.9 Å². The van der Waals surface area contributed by atoms with Crippen LogP contribution in [0.1, 0.15) is 11.1 Å². The molecule has 0 aliphatic heterocycles. The number of rotatable bonds is 6. The molecule has 3 aromatic rings. The van der Waals surface area contributed by atoms with Gasteiger partial charge < -0.3 is 4.90 Å². The maximum Gasteiger partial charge on any atom is 0.233 e. The van der Waals surface area contributed by atoms with Crippen molar-refractivity contribution in [3.05, 3.63) is 65.7 Å². The van der Waals surface area contributed by atoms with E-state index in [1.807, 2.05) is 68.6 Å². The predicted molar refractivity (Wildman–Crippen MR) is 100 cm³/mol. The SMILES string of the molecule is Cc1ccc(-c2nc(SCC(=O)N(C)Cc3ccccc3)n[nH]2)cc1. The average molecular weight is 352 g/mol. The number of hydrogen-bond acceptors (Lipinski definition) is 4. The zero-order valence-electron chi connectivity index (χ0n) is 14.3. The van der Waals surface area contributed by atoms with Gasteiger partial charge in [-0.1, -0.05) is 71.9 Å². The van der Waals surface area contributed by atoms with Crippen molar-refractivity contribution in [2.75, 3.05) is 12.8 Å². The van der Waals surface area contributed by atoms with Crippen molar-refractivity contribution in [2.24, 2.45) is 0 Å². The van der Waals surface area contributed by atoms with E-state index in [0.717, 1.165) is 11.1 Å². The Hall–Kier alpha value is -2.60. The number of benzene rings is 2. The monoisotopic (exact) mass is 352 g/mol. The van der Waals surface area contributed by atoms with Crippen molar-refractivity contribution >= 4 is 17.7 Å². The minimum atomic E-state index is 0.0514. The first kappa shape index (κ1) is 17.2. The van der Waals surface area contributed by atoms with Gasteiger partial charge in [0.2, 0.25) is 11.1 Å². The maximum atomic E-state index is 12.3. The number of aryl methyl sites for hydroxylation is 1. The third kappa shape index (κ3) is 4.70. The second kappa shape index (κ2) is 7.98. The summed E-state index contributed by atoms with van der Waals surface area (Å²) in [6, 6.07) is 18.0. The van der Waals surface area contributed by atoms with Crippen LogP contribution in [0.5, 0.6) is 0 Å². The van der Waals surface area contributed by atoms with Crippen molar-refractivity contribution in [3.63, 3.8) is 0 Å². The van der Waals surface area contributed by atoms with E-state index < -0.39 is 0 Å². The molecule has 5 nitrogen and oxygen atoms in total. The highest BCUT2D eigenvalue weighted by atomic mass is 32.2. The van der Waals surface area contributed by atoms with Crippen LogP contribution in [-0.4, -0.2) is 38.8 Å². The third-order valence-corrected chi connectivity index (χ3v) is 4.64. The van der Waals surface area contributed by atoms with E-state index in [0.29, 0.717) is 23.3 Å². The summed E-state index contributed by atoms with van der Waals surface area (Å²) in [5, 5.41) is 7.69. The van der Waals surface area contributed by atoms with Gasteiger partial charge >= 0.3 is 0 Å². The van der Waals surface area contributed by atoms with Gasteiger partial charge in [-0.3, -0.25) is 9.89 Å². The lowest BCUT2D eigenvalue weighted by Gasteiger charge is -2.16. The van der Waals surface area contributed by atoms with Gasteiger partial charge in [0, 0.05) is 19.2 Å². The molecular weight excluding hydrogens is 332 g/mol. The molecule has 0 spiro atoms. The quantitative estimate of drug-likeness (QED) is 0.690. The van der Waals surface area contributed by atoms with E-state index in [4.69, 9.17) is 0 Å². The molecule has 0 atom stereocenters. The van der Waals surface area contributed by atoms with Crippen LogP contribution in [-0.2, 0) is 11.3 Å². The van der Waals surface area contributed by atoms with Crippen LogP contribution in [0.25, 0.3) is 11.4 Å². The Balaban J connectivity index is 1.54. The molecule has 25 heavy (non-hydrogen) atoms. The van der Waals surface area contributed by atoms with Gasteiger partial charge in [0.1, 0.15) is 0 Å². The normalized spacial score (nSPS) is 10.6. The number of hydrogen-bond donors (Lipinski definition) is 1. The second-order valence-corrected chi connectivity index (χ2v) is 6.80. The van der Waals surface area contributed by atoms with Crippen LogP contribution in [0.3, 0.4) is 0 Å². The molecule has 1 amide bonds. The Kier molecular flexibility index (Phi) is 5.50. The maximum absolute atomic E-state index is 12.3. The smallest absolute Gasteiger partial charge is 0.233 e. The Morgan fingerprint density at radius 3 is 2.56 bits per heavy atom. The van der Waals surface area contributed by atoms with Gasteiger partial charge in [0.15, 0.2) is 5.82 Å². The summed E-state index contributed by atoms with van der Waals surface area (Å²) in [7, 11) is 1.81. The van der Waals surface area contributed by atoms with E-state index in [9.17, 15) is 4.79 Å². The molecule has 3 rings (SSSR count). The number of carbonyl (C=O) groups is 1. The first-order chi connectivity index (χ1) is 12.1. The molecule has 1 aromatic heterocycles. The van der Waals surface area contributed by atoms with Crippen LogP contribution in [0.15, 0.2) is 59.8 Å². The van der Waals surface area contributed by atoms with Crippen LogP contribution in [0, 0.1) is 6.92 Å². The minimum absolute atomic E-state index is 0.0514.